The van der Waals surface area contributed by atoms with Crippen LogP contribution in [0.3, 0.4) is 0 Å². The summed E-state index contributed by atoms with van der Waals surface area (Å²) in [5, 5.41) is 4.11. The highest BCUT2D eigenvalue weighted by Crippen LogP contribution is 2.13. The van der Waals surface area contributed by atoms with E-state index >= 15 is 0 Å². The van der Waals surface area contributed by atoms with Crippen LogP contribution in [0, 0.1) is 0 Å². The normalized spacial score (nSPS) is 11.2. The van der Waals surface area contributed by atoms with Gasteiger partial charge in [-0.2, -0.15) is 5.10 Å². The predicted octanol–water partition coefficient (Wildman–Crippen LogP) is 4.56. The van der Waals surface area contributed by atoms with Gasteiger partial charge in [-0.1, -0.05) is 52.3 Å². The summed E-state index contributed by atoms with van der Waals surface area (Å²) < 4.78 is 1.06. The van der Waals surface area contributed by atoms with Crippen LogP contribution in [0.25, 0.3) is 6.08 Å². The van der Waals surface area contributed by atoms with Crippen molar-refractivity contribution in [2.75, 3.05) is 5.43 Å². The number of nitrogens with zero attached hydrogens (tertiary/aromatic N) is 1. The number of halogens is 1. The van der Waals surface area contributed by atoms with Crippen molar-refractivity contribution in [3.05, 3.63) is 70.7 Å². The SMILES string of the molecule is Brc1ccc(NN=CC=Cc2ccccc2)cc1. The molecule has 2 aromatic rings. The van der Waals surface area contributed by atoms with Crippen molar-refractivity contribution in [3.8, 4) is 0 Å². The molecule has 3 heteroatoms. The van der Waals surface area contributed by atoms with Gasteiger partial charge in [0.15, 0.2) is 0 Å². The van der Waals surface area contributed by atoms with Crippen molar-refractivity contribution >= 4 is 33.9 Å². The Morgan fingerprint density at radius 3 is 2.39 bits per heavy atom. The van der Waals surface area contributed by atoms with E-state index in [0.29, 0.717) is 0 Å². The molecule has 18 heavy (non-hydrogen) atoms. The van der Waals surface area contributed by atoms with Crippen LogP contribution in [0.15, 0.2) is 70.2 Å². The lowest BCUT2D eigenvalue weighted by Gasteiger charge is -1.98. The van der Waals surface area contributed by atoms with Gasteiger partial charge in [0.1, 0.15) is 0 Å². The number of allylic oxidation sites excluding steroid dienone is 1. The first kappa shape index (κ1) is 12.6. The number of hydrogen-bond acceptors (Lipinski definition) is 2. The first-order valence-electron chi connectivity index (χ1n) is 5.61. The maximum absolute atomic E-state index is 4.11. The van der Waals surface area contributed by atoms with E-state index in [2.05, 4.69) is 26.5 Å². The fraction of sp³-hybridized carbons (Fsp3) is 0. The second kappa shape index (κ2) is 6.77. The molecule has 2 rings (SSSR count). The zero-order valence-corrected chi connectivity index (χ0v) is 11.3. The third kappa shape index (κ3) is 4.18. The molecule has 0 fully saturated rings. The topological polar surface area (TPSA) is 24.4 Å². The van der Waals surface area contributed by atoms with Crippen LogP contribution in [0.5, 0.6) is 0 Å². The minimum Gasteiger partial charge on any atom is -0.279 e. The van der Waals surface area contributed by atoms with Gasteiger partial charge in [-0.25, -0.2) is 0 Å². The summed E-state index contributed by atoms with van der Waals surface area (Å²) in [7, 11) is 0. The van der Waals surface area contributed by atoms with Gasteiger partial charge in [-0.05, 0) is 35.9 Å². The van der Waals surface area contributed by atoms with Crippen molar-refractivity contribution in [1.29, 1.82) is 0 Å². The Morgan fingerprint density at radius 2 is 1.67 bits per heavy atom. The Kier molecular flexibility index (Phi) is 4.73. The van der Waals surface area contributed by atoms with E-state index in [1.54, 1.807) is 6.21 Å². The Bertz CT molecular complexity index is 530. The molecule has 0 saturated carbocycles. The van der Waals surface area contributed by atoms with Gasteiger partial charge in [-0.15, -0.1) is 0 Å². The maximum atomic E-state index is 4.11. The van der Waals surface area contributed by atoms with Crippen molar-refractivity contribution in [3.63, 3.8) is 0 Å². The average Bonchev–Trinajstić information content (AvgIpc) is 2.42. The highest BCUT2D eigenvalue weighted by atomic mass is 79.9. The minimum atomic E-state index is 0.961. The second-order valence-electron chi connectivity index (χ2n) is 3.67. The van der Waals surface area contributed by atoms with Crippen molar-refractivity contribution in [2.45, 2.75) is 0 Å². The van der Waals surface area contributed by atoms with Crippen LogP contribution >= 0.6 is 15.9 Å². The first-order chi connectivity index (χ1) is 8.84. The van der Waals surface area contributed by atoms with Crippen LogP contribution in [0.4, 0.5) is 5.69 Å². The Morgan fingerprint density at radius 1 is 0.944 bits per heavy atom. The average molecular weight is 301 g/mol. The molecule has 1 N–H and O–H groups in total. The summed E-state index contributed by atoms with van der Waals surface area (Å²) in [6, 6.07) is 18.0. The zero-order valence-electron chi connectivity index (χ0n) is 9.75. The monoisotopic (exact) mass is 300 g/mol. The number of rotatable bonds is 4. The lowest BCUT2D eigenvalue weighted by atomic mass is 10.2. The highest BCUT2D eigenvalue weighted by molar-refractivity contribution is 9.10. The molecule has 0 aromatic heterocycles. The van der Waals surface area contributed by atoms with Crippen LogP contribution in [0.1, 0.15) is 5.56 Å². The Labute approximate surface area is 115 Å². The number of benzene rings is 2. The number of hydrazone groups is 1. The summed E-state index contributed by atoms with van der Waals surface area (Å²) in [6.07, 6.45) is 5.64. The molecule has 0 saturated heterocycles. The van der Waals surface area contributed by atoms with Crippen LogP contribution < -0.4 is 5.43 Å². The minimum absolute atomic E-state index is 0.961. The molecule has 0 unspecified atom stereocenters. The van der Waals surface area contributed by atoms with E-state index < -0.39 is 0 Å². The summed E-state index contributed by atoms with van der Waals surface area (Å²) >= 11 is 3.39. The summed E-state index contributed by atoms with van der Waals surface area (Å²) in [5.41, 5.74) is 5.08. The van der Waals surface area contributed by atoms with Crippen LogP contribution in [-0.4, -0.2) is 6.21 Å². The summed E-state index contributed by atoms with van der Waals surface area (Å²) in [4.78, 5) is 0. The van der Waals surface area contributed by atoms with Crippen molar-refractivity contribution < 1.29 is 0 Å². The molecule has 2 nitrogen and oxygen atoms in total. The molecule has 0 aliphatic carbocycles. The molecule has 0 bridgehead atoms. The third-order valence-corrected chi connectivity index (χ3v) is 2.82. The third-order valence-electron chi connectivity index (χ3n) is 2.29. The number of nitrogens with one attached hydrogen (secondary N) is 1. The van der Waals surface area contributed by atoms with E-state index in [4.69, 9.17) is 0 Å². The molecular weight excluding hydrogens is 288 g/mol. The van der Waals surface area contributed by atoms with Crippen LogP contribution in [-0.2, 0) is 0 Å². The van der Waals surface area contributed by atoms with Gasteiger partial charge in [0.2, 0.25) is 0 Å². The number of anilines is 1. The van der Waals surface area contributed by atoms with E-state index in [1.165, 1.54) is 0 Å². The van der Waals surface area contributed by atoms with E-state index in [-0.39, 0.29) is 0 Å². The van der Waals surface area contributed by atoms with Gasteiger partial charge < -0.3 is 0 Å². The highest BCUT2D eigenvalue weighted by Gasteiger charge is 1.87. The van der Waals surface area contributed by atoms with E-state index in [1.807, 2.05) is 66.7 Å². The Balaban J connectivity index is 1.85. The molecule has 2 aromatic carbocycles. The van der Waals surface area contributed by atoms with E-state index in [9.17, 15) is 0 Å². The van der Waals surface area contributed by atoms with Gasteiger partial charge in [0.25, 0.3) is 0 Å². The van der Waals surface area contributed by atoms with Gasteiger partial charge in [0.05, 0.1) is 5.69 Å². The second-order valence-corrected chi connectivity index (χ2v) is 4.58. The summed E-state index contributed by atoms with van der Waals surface area (Å²) in [5.74, 6) is 0. The van der Waals surface area contributed by atoms with Crippen molar-refractivity contribution in [2.24, 2.45) is 5.10 Å². The first-order valence-corrected chi connectivity index (χ1v) is 6.40. The molecule has 90 valence electrons. The fourth-order valence-corrected chi connectivity index (χ4v) is 1.66. The van der Waals surface area contributed by atoms with Gasteiger partial charge >= 0.3 is 0 Å². The zero-order chi connectivity index (χ0) is 12.6. The maximum Gasteiger partial charge on any atom is 0.0562 e. The largest absolute Gasteiger partial charge is 0.279 e. The molecule has 0 atom stereocenters. The lowest BCUT2D eigenvalue weighted by molar-refractivity contribution is 1.35. The standard InChI is InChI=1S/C15H13BrN2/c16-14-8-10-15(11-9-14)18-17-12-4-7-13-5-2-1-3-6-13/h1-12,18H. The van der Waals surface area contributed by atoms with Gasteiger partial charge in [-0.3, -0.25) is 5.43 Å². The van der Waals surface area contributed by atoms with Crippen molar-refractivity contribution in [1.82, 2.24) is 0 Å². The number of hydrogen-bond donors (Lipinski definition) is 1. The molecule has 0 radical (unpaired) electrons. The fourth-order valence-electron chi connectivity index (χ4n) is 1.40. The molecule has 0 aliphatic rings. The quantitative estimate of drug-likeness (QED) is 0.649. The lowest BCUT2D eigenvalue weighted by Crippen LogP contribution is -1.87. The molecule has 0 spiro atoms. The van der Waals surface area contributed by atoms with Gasteiger partial charge in [0, 0.05) is 10.7 Å². The van der Waals surface area contributed by atoms with E-state index in [0.717, 1.165) is 15.7 Å². The Hall–Kier alpha value is -1.87. The molecular formula is C15H13BrN2. The summed E-state index contributed by atoms with van der Waals surface area (Å²) in [6.45, 7) is 0. The molecule has 0 heterocycles. The molecule has 0 amide bonds. The smallest absolute Gasteiger partial charge is 0.0562 e. The van der Waals surface area contributed by atoms with Crippen LogP contribution in [0.2, 0.25) is 0 Å². The molecule has 0 aliphatic heterocycles. The predicted molar refractivity (Wildman–Crippen MR) is 81.7 cm³/mol.